The lowest BCUT2D eigenvalue weighted by atomic mass is 10.3. The first-order chi connectivity index (χ1) is 10.7. The number of rotatable bonds is 6. The average Bonchev–Trinajstić information content (AvgIpc) is 2.49. The molecule has 1 aliphatic heterocycles. The fraction of sp³-hybridized carbons (Fsp3) is 0.500. The fourth-order valence-corrected chi connectivity index (χ4v) is 4.69. The van der Waals surface area contributed by atoms with Gasteiger partial charge in [0.2, 0.25) is 10.0 Å². The first kappa shape index (κ1) is 17.8. The van der Waals surface area contributed by atoms with E-state index in [0.29, 0.717) is 19.6 Å². The van der Waals surface area contributed by atoms with E-state index in [1.807, 2.05) is 4.90 Å². The van der Waals surface area contributed by atoms with Gasteiger partial charge in [0.05, 0.1) is 16.4 Å². The summed E-state index contributed by atoms with van der Waals surface area (Å²) >= 11 is 0. The molecule has 11 heteroatoms. The van der Waals surface area contributed by atoms with Crippen LogP contribution in [0.15, 0.2) is 29.2 Å². The number of nitrogens with zero attached hydrogens (tertiary/aromatic N) is 2. The number of nitro benzene ring substituents is 1. The molecule has 1 N–H and O–H groups in total. The molecule has 1 aromatic rings. The van der Waals surface area contributed by atoms with E-state index in [1.54, 1.807) is 0 Å². The Morgan fingerprint density at radius 3 is 2.43 bits per heavy atom. The molecule has 1 fully saturated rings. The monoisotopic (exact) mass is 363 g/mol. The molecule has 9 nitrogen and oxygen atoms in total. The van der Waals surface area contributed by atoms with Crippen LogP contribution >= 0.6 is 0 Å². The number of hydrogen-bond donors (Lipinski definition) is 1. The third-order valence-electron chi connectivity index (χ3n) is 3.51. The third kappa shape index (κ3) is 4.70. The fourth-order valence-electron chi connectivity index (χ4n) is 2.22. The molecule has 1 aromatic carbocycles. The zero-order chi connectivity index (χ0) is 17.1. The highest BCUT2D eigenvalue weighted by molar-refractivity contribution is 7.91. The Balaban J connectivity index is 1.97. The van der Waals surface area contributed by atoms with Crippen LogP contribution in [0.5, 0.6) is 0 Å². The van der Waals surface area contributed by atoms with Gasteiger partial charge < -0.3 is 4.90 Å². The molecule has 1 aliphatic rings. The van der Waals surface area contributed by atoms with Crippen molar-refractivity contribution in [3.05, 3.63) is 34.4 Å². The van der Waals surface area contributed by atoms with E-state index in [9.17, 15) is 26.9 Å². The number of benzene rings is 1. The number of sulfonamides is 1. The van der Waals surface area contributed by atoms with Gasteiger partial charge in [-0.2, -0.15) is 0 Å². The van der Waals surface area contributed by atoms with Crippen LogP contribution in [-0.4, -0.2) is 64.3 Å². The zero-order valence-corrected chi connectivity index (χ0v) is 13.8. The Kier molecular flexibility index (Phi) is 5.34. The standard InChI is InChI=1S/C12H17N3O6S2/c16-15(17)11-3-1-2-4-12(11)23(20,21)13-5-6-14-7-9-22(18,19)10-8-14/h1-4,13H,5-10H2. The van der Waals surface area contributed by atoms with Gasteiger partial charge in [-0.05, 0) is 6.07 Å². The molecule has 128 valence electrons. The summed E-state index contributed by atoms with van der Waals surface area (Å²) in [5, 5.41) is 10.9. The van der Waals surface area contributed by atoms with Gasteiger partial charge in [0.25, 0.3) is 5.69 Å². The van der Waals surface area contributed by atoms with E-state index in [2.05, 4.69) is 4.72 Å². The van der Waals surface area contributed by atoms with Crippen molar-refractivity contribution in [1.29, 1.82) is 0 Å². The highest BCUT2D eigenvalue weighted by Crippen LogP contribution is 2.22. The van der Waals surface area contributed by atoms with Gasteiger partial charge in [-0.15, -0.1) is 0 Å². The highest BCUT2D eigenvalue weighted by atomic mass is 32.2. The second kappa shape index (κ2) is 6.91. The second-order valence-corrected chi connectivity index (χ2v) is 9.16. The number of nitrogens with one attached hydrogen (secondary N) is 1. The van der Waals surface area contributed by atoms with Crippen LogP contribution < -0.4 is 4.72 Å². The summed E-state index contributed by atoms with van der Waals surface area (Å²) < 4.78 is 49.3. The van der Waals surface area contributed by atoms with E-state index < -0.39 is 30.5 Å². The van der Waals surface area contributed by atoms with Crippen LogP contribution in [0.3, 0.4) is 0 Å². The Bertz CT molecular complexity index is 777. The van der Waals surface area contributed by atoms with Gasteiger partial charge >= 0.3 is 0 Å². The molecule has 2 rings (SSSR count). The van der Waals surface area contributed by atoms with Gasteiger partial charge in [-0.25, -0.2) is 21.6 Å². The molecular formula is C12H17N3O6S2. The number of sulfone groups is 1. The van der Waals surface area contributed by atoms with Crippen molar-refractivity contribution in [2.24, 2.45) is 0 Å². The largest absolute Gasteiger partial charge is 0.300 e. The van der Waals surface area contributed by atoms with Crippen molar-refractivity contribution in [3.63, 3.8) is 0 Å². The van der Waals surface area contributed by atoms with Crippen molar-refractivity contribution in [2.75, 3.05) is 37.7 Å². The lowest BCUT2D eigenvalue weighted by Crippen LogP contribution is -2.43. The number of para-hydroxylation sites is 1. The third-order valence-corrected chi connectivity index (χ3v) is 6.63. The van der Waals surface area contributed by atoms with Crippen molar-refractivity contribution in [2.45, 2.75) is 4.90 Å². The molecule has 0 spiro atoms. The van der Waals surface area contributed by atoms with Crippen LogP contribution in [0.4, 0.5) is 5.69 Å². The summed E-state index contributed by atoms with van der Waals surface area (Å²) in [5.41, 5.74) is -0.482. The zero-order valence-electron chi connectivity index (χ0n) is 12.2. The van der Waals surface area contributed by atoms with Crippen LogP contribution in [0.1, 0.15) is 0 Å². The summed E-state index contributed by atoms with van der Waals surface area (Å²) in [4.78, 5) is 11.6. The molecule has 0 radical (unpaired) electrons. The van der Waals surface area contributed by atoms with Gasteiger partial charge in [0.15, 0.2) is 14.7 Å². The maximum Gasteiger partial charge on any atom is 0.289 e. The summed E-state index contributed by atoms with van der Waals surface area (Å²) in [6.45, 7) is 1.11. The van der Waals surface area contributed by atoms with Gasteiger partial charge in [0, 0.05) is 32.2 Å². The summed E-state index contributed by atoms with van der Waals surface area (Å²) in [7, 11) is -6.98. The van der Waals surface area contributed by atoms with Crippen LogP contribution in [0.25, 0.3) is 0 Å². The molecule has 0 saturated carbocycles. The predicted octanol–water partition coefficient (Wildman–Crippen LogP) is -0.396. The Morgan fingerprint density at radius 1 is 1.22 bits per heavy atom. The first-order valence-electron chi connectivity index (χ1n) is 6.87. The SMILES string of the molecule is O=[N+]([O-])c1ccccc1S(=O)(=O)NCCN1CCS(=O)(=O)CC1. The first-order valence-corrected chi connectivity index (χ1v) is 10.2. The predicted molar refractivity (Wildman–Crippen MR) is 83.4 cm³/mol. The van der Waals surface area contributed by atoms with E-state index in [0.717, 1.165) is 6.07 Å². The van der Waals surface area contributed by atoms with Gasteiger partial charge in [-0.1, -0.05) is 12.1 Å². The topological polar surface area (TPSA) is 127 Å². The maximum atomic E-state index is 12.2. The molecule has 23 heavy (non-hydrogen) atoms. The average molecular weight is 363 g/mol. The summed E-state index contributed by atoms with van der Waals surface area (Å²) in [5.74, 6) is 0.119. The number of hydrogen-bond acceptors (Lipinski definition) is 7. The lowest BCUT2D eigenvalue weighted by Gasteiger charge is -2.26. The van der Waals surface area contributed by atoms with Gasteiger partial charge in [-0.3, -0.25) is 10.1 Å². The van der Waals surface area contributed by atoms with Crippen molar-refractivity contribution in [3.8, 4) is 0 Å². The Morgan fingerprint density at radius 2 is 1.83 bits per heavy atom. The van der Waals surface area contributed by atoms with Gasteiger partial charge in [0.1, 0.15) is 0 Å². The summed E-state index contributed by atoms with van der Waals surface area (Å²) in [6, 6.07) is 5.11. The second-order valence-electron chi connectivity index (χ2n) is 5.12. The smallest absolute Gasteiger partial charge is 0.289 e. The molecule has 1 saturated heterocycles. The minimum atomic E-state index is -4.00. The molecule has 0 aromatic heterocycles. The molecule has 0 unspecified atom stereocenters. The summed E-state index contributed by atoms with van der Waals surface area (Å²) in [6.07, 6.45) is 0. The van der Waals surface area contributed by atoms with Crippen LogP contribution in [0, 0.1) is 10.1 Å². The van der Waals surface area contributed by atoms with Crippen LogP contribution in [0.2, 0.25) is 0 Å². The van der Waals surface area contributed by atoms with Crippen molar-refractivity contribution < 1.29 is 21.8 Å². The van der Waals surface area contributed by atoms with Crippen molar-refractivity contribution >= 4 is 25.5 Å². The normalized spacial score (nSPS) is 18.6. The van der Waals surface area contributed by atoms with E-state index in [1.165, 1.54) is 18.2 Å². The molecule has 1 heterocycles. The highest BCUT2D eigenvalue weighted by Gasteiger charge is 2.25. The molecule has 0 aliphatic carbocycles. The maximum absolute atomic E-state index is 12.2. The Labute approximate surface area is 134 Å². The van der Waals surface area contributed by atoms with E-state index in [4.69, 9.17) is 0 Å². The molecule has 0 amide bonds. The molecule has 0 atom stereocenters. The Hall–Kier alpha value is -1.56. The quantitative estimate of drug-likeness (QED) is 0.538. The van der Waals surface area contributed by atoms with Crippen LogP contribution in [-0.2, 0) is 19.9 Å². The molecule has 0 bridgehead atoms. The number of nitro groups is 1. The minimum Gasteiger partial charge on any atom is -0.300 e. The van der Waals surface area contributed by atoms with E-state index >= 15 is 0 Å². The molecular weight excluding hydrogens is 346 g/mol. The minimum absolute atomic E-state index is 0.0500. The van der Waals surface area contributed by atoms with Crippen molar-refractivity contribution in [1.82, 2.24) is 9.62 Å². The lowest BCUT2D eigenvalue weighted by molar-refractivity contribution is -0.387. The van der Waals surface area contributed by atoms with E-state index in [-0.39, 0.29) is 22.9 Å².